The fourth-order valence-electron chi connectivity index (χ4n) is 3.75. The number of nitrogens with one attached hydrogen (secondary N) is 1. The number of anilines is 2. The Kier molecular flexibility index (Phi) is 7.07. The van der Waals surface area contributed by atoms with E-state index in [1.165, 1.54) is 16.8 Å². The van der Waals surface area contributed by atoms with E-state index in [0.29, 0.717) is 18.1 Å². The van der Waals surface area contributed by atoms with E-state index in [1.54, 1.807) is 0 Å². The van der Waals surface area contributed by atoms with Crippen LogP contribution in [-0.4, -0.2) is 48.6 Å². The number of carbonyl (C=O) groups is 1. The molecule has 0 atom stereocenters. The minimum atomic E-state index is -0.109. The third-order valence-electron chi connectivity index (χ3n) is 5.64. The summed E-state index contributed by atoms with van der Waals surface area (Å²) in [6.07, 6.45) is 3.26. The van der Waals surface area contributed by atoms with E-state index >= 15 is 0 Å². The van der Waals surface area contributed by atoms with Gasteiger partial charge in [-0.15, -0.1) is 0 Å². The monoisotopic (exact) mass is 395 g/mol. The molecule has 29 heavy (non-hydrogen) atoms. The van der Waals surface area contributed by atoms with Crippen molar-refractivity contribution in [2.75, 3.05) is 42.5 Å². The van der Waals surface area contributed by atoms with Gasteiger partial charge >= 0.3 is 0 Å². The van der Waals surface area contributed by atoms with Crippen LogP contribution >= 0.6 is 0 Å². The summed E-state index contributed by atoms with van der Waals surface area (Å²) in [4.78, 5) is 26.1. The van der Waals surface area contributed by atoms with Crippen molar-refractivity contribution in [2.45, 2.75) is 47.0 Å². The van der Waals surface area contributed by atoms with Gasteiger partial charge in [0.1, 0.15) is 17.3 Å². The van der Waals surface area contributed by atoms with Crippen molar-refractivity contribution < 1.29 is 4.79 Å². The molecule has 0 bridgehead atoms. The summed E-state index contributed by atoms with van der Waals surface area (Å²) in [7, 11) is 0. The molecule has 0 radical (unpaired) electrons. The lowest BCUT2D eigenvalue weighted by Gasteiger charge is -2.37. The van der Waals surface area contributed by atoms with Crippen molar-refractivity contribution in [2.24, 2.45) is 0 Å². The fourth-order valence-corrected chi connectivity index (χ4v) is 3.75. The molecule has 6 heteroatoms. The topological polar surface area (TPSA) is 61.4 Å². The summed E-state index contributed by atoms with van der Waals surface area (Å²) in [5.74, 6) is 1.37. The lowest BCUT2D eigenvalue weighted by molar-refractivity contribution is 0.0947. The maximum Gasteiger partial charge on any atom is 0.270 e. The molecular formula is C23H33N5O. The van der Waals surface area contributed by atoms with Crippen LogP contribution in [0.1, 0.15) is 53.6 Å². The second kappa shape index (κ2) is 9.72. The summed E-state index contributed by atoms with van der Waals surface area (Å²) in [5.41, 5.74) is 4.45. The third-order valence-corrected chi connectivity index (χ3v) is 5.64. The van der Waals surface area contributed by atoms with Crippen LogP contribution in [0, 0.1) is 20.8 Å². The second-order valence-electron chi connectivity index (χ2n) is 7.81. The number of nitrogens with zero attached hydrogens (tertiary/aromatic N) is 4. The van der Waals surface area contributed by atoms with Crippen molar-refractivity contribution >= 4 is 17.4 Å². The third kappa shape index (κ3) is 5.25. The van der Waals surface area contributed by atoms with Gasteiger partial charge < -0.3 is 15.1 Å². The molecule has 0 spiro atoms. The number of carbonyl (C=O) groups excluding carboxylic acids is 1. The smallest absolute Gasteiger partial charge is 0.270 e. The highest BCUT2D eigenvalue weighted by Gasteiger charge is 2.21. The highest BCUT2D eigenvalue weighted by Crippen LogP contribution is 2.25. The van der Waals surface area contributed by atoms with Gasteiger partial charge in [-0.3, -0.25) is 4.79 Å². The number of rotatable bonds is 7. The van der Waals surface area contributed by atoms with Crippen LogP contribution in [0.4, 0.5) is 11.5 Å². The molecule has 0 unspecified atom stereocenters. The van der Waals surface area contributed by atoms with Crippen molar-refractivity contribution in [3.05, 3.63) is 46.9 Å². The summed E-state index contributed by atoms with van der Waals surface area (Å²) < 4.78 is 0. The van der Waals surface area contributed by atoms with Gasteiger partial charge in [-0.05, 0) is 44.4 Å². The normalized spacial score (nSPS) is 14.2. The number of hydrogen-bond acceptors (Lipinski definition) is 5. The van der Waals surface area contributed by atoms with Gasteiger partial charge in [0.15, 0.2) is 0 Å². The zero-order valence-corrected chi connectivity index (χ0v) is 18.2. The average Bonchev–Trinajstić information content (AvgIpc) is 2.73. The standard InChI is InChI=1S/C23H33N5O/c1-5-6-7-11-24-23(29)20-16-22(26-19(4)25-20)28-14-12-27(13-15-28)21-10-8-9-17(2)18(21)3/h8-10,16H,5-7,11-15H2,1-4H3,(H,24,29). The fraction of sp³-hybridized carbons (Fsp3) is 0.522. The summed E-state index contributed by atoms with van der Waals surface area (Å²) in [5, 5.41) is 2.98. The summed E-state index contributed by atoms with van der Waals surface area (Å²) >= 11 is 0. The maximum absolute atomic E-state index is 12.5. The second-order valence-corrected chi connectivity index (χ2v) is 7.81. The Bertz CT molecular complexity index is 843. The van der Waals surface area contributed by atoms with Gasteiger partial charge in [0.2, 0.25) is 0 Å². The van der Waals surface area contributed by atoms with Crippen LogP contribution in [0.5, 0.6) is 0 Å². The Morgan fingerprint density at radius 1 is 1.03 bits per heavy atom. The highest BCUT2D eigenvalue weighted by molar-refractivity contribution is 5.92. The van der Waals surface area contributed by atoms with Gasteiger partial charge in [-0.1, -0.05) is 31.9 Å². The van der Waals surface area contributed by atoms with Crippen molar-refractivity contribution in [1.29, 1.82) is 0 Å². The summed E-state index contributed by atoms with van der Waals surface area (Å²) in [6, 6.07) is 8.32. The molecule has 1 amide bonds. The molecule has 2 heterocycles. The quantitative estimate of drug-likeness (QED) is 0.725. The van der Waals surface area contributed by atoms with E-state index in [2.05, 4.69) is 64.1 Å². The van der Waals surface area contributed by atoms with Crippen LogP contribution in [0.15, 0.2) is 24.3 Å². The Balaban J connectivity index is 1.65. The Hall–Kier alpha value is -2.63. The number of aromatic nitrogens is 2. The number of unbranched alkanes of at least 4 members (excludes halogenated alkanes) is 2. The zero-order valence-electron chi connectivity index (χ0n) is 18.2. The predicted molar refractivity (Wildman–Crippen MR) is 119 cm³/mol. The average molecular weight is 396 g/mol. The van der Waals surface area contributed by atoms with Gasteiger partial charge in [0.05, 0.1) is 0 Å². The zero-order chi connectivity index (χ0) is 20.8. The van der Waals surface area contributed by atoms with E-state index in [-0.39, 0.29) is 5.91 Å². The van der Waals surface area contributed by atoms with E-state index < -0.39 is 0 Å². The number of piperazine rings is 1. The Morgan fingerprint density at radius 2 is 1.76 bits per heavy atom. The molecule has 1 aromatic heterocycles. The number of benzene rings is 1. The SMILES string of the molecule is CCCCCNC(=O)c1cc(N2CCN(c3cccc(C)c3C)CC2)nc(C)n1. The maximum atomic E-state index is 12.5. The van der Waals surface area contributed by atoms with Gasteiger partial charge in [-0.2, -0.15) is 0 Å². The molecule has 3 rings (SSSR count). The largest absolute Gasteiger partial charge is 0.368 e. The molecule has 1 aromatic carbocycles. The molecule has 0 aliphatic carbocycles. The lowest BCUT2D eigenvalue weighted by Crippen LogP contribution is -2.47. The number of amides is 1. The molecule has 2 aromatic rings. The molecule has 156 valence electrons. The van der Waals surface area contributed by atoms with E-state index in [4.69, 9.17) is 0 Å². The predicted octanol–water partition coefficient (Wildman–Crippen LogP) is 3.65. The minimum absolute atomic E-state index is 0.109. The Labute approximate surface area is 174 Å². The molecule has 0 saturated carbocycles. The van der Waals surface area contributed by atoms with E-state index in [1.807, 2.05) is 13.0 Å². The molecule has 1 fully saturated rings. The van der Waals surface area contributed by atoms with Crippen LogP contribution in [0.25, 0.3) is 0 Å². The first-order valence-electron chi connectivity index (χ1n) is 10.7. The van der Waals surface area contributed by atoms with Crippen molar-refractivity contribution in [1.82, 2.24) is 15.3 Å². The van der Waals surface area contributed by atoms with E-state index in [9.17, 15) is 4.79 Å². The van der Waals surface area contributed by atoms with Crippen LogP contribution in [-0.2, 0) is 0 Å². The van der Waals surface area contributed by atoms with Crippen LogP contribution in [0.3, 0.4) is 0 Å². The van der Waals surface area contributed by atoms with Gasteiger partial charge in [0.25, 0.3) is 5.91 Å². The lowest BCUT2D eigenvalue weighted by atomic mass is 10.1. The highest BCUT2D eigenvalue weighted by atomic mass is 16.1. The number of hydrogen-bond donors (Lipinski definition) is 1. The van der Waals surface area contributed by atoms with Crippen molar-refractivity contribution in [3.8, 4) is 0 Å². The van der Waals surface area contributed by atoms with Gasteiger partial charge in [-0.25, -0.2) is 9.97 Å². The molecular weight excluding hydrogens is 362 g/mol. The molecule has 1 aliphatic heterocycles. The molecule has 1 aliphatic rings. The molecule has 1 N–H and O–H groups in total. The number of aryl methyl sites for hydroxylation is 2. The van der Waals surface area contributed by atoms with E-state index in [0.717, 1.165) is 51.3 Å². The minimum Gasteiger partial charge on any atom is -0.368 e. The van der Waals surface area contributed by atoms with Gasteiger partial charge in [0, 0.05) is 44.5 Å². The van der Waals surface area contributed by atoms with Crippen LogP contribution < -0.4 is 15.1 Å². The molecule has 1 saturated heterocycles. The molecule has 6 nitrogen and oxygen atoms in total. The first-order valence-corrected chi connectivity index (χ1v) is 10.7. The van der Waals surface area contributed by atoms with Crippen LogP contribution in [0.2, 0.25) is 0 Å². The van der Waals surface area contributed by atoms with Crippen molar-refractivity contribution in [3.63, 3.8) is 0 Å². The first-order chi connectivity index (χ1) is 14.0. The Morgan fingerprint density at radius 3 is 2.48 bits per heavy atom. The first kappa shape index (κ1) is 21.1. The summed E-state index contributed by atoms with van der Waals surface area (Å²) in [6.45, 7) is 12.7.